The number of fused-ring (bicyclic) bond motifs is 1. The van der Waals surface area contributed by atoms with E-state index < -0.39 is 17.6 Å². The number of carbonyl (C=O) groups excluding carboxylic acids is 1. The number of aromatic nitrogens is 2. The Balaban J connectivity index is 1.57. The lowest BCUT2D eigenvalue weighted by atomic mass is 10.1. The highest BCUT2D eigenvalue weighted by Crippen LogP contribution is 2.31. The number of nitrogens with one attached hydrogen (secondary N) is 1. The predicted molar refractivity (Wildman–Crippen MR) is 117 cm³/mol. The fourth-order valence-corrected chi connectivity index (χ4v) is 3.45. The highest BCUT2D eigenvalue weighted by molar-refractivity contribution is 6.04. The third-order valence-corrected chi connectivity index (χ3v) is 4.99. The quantitative estimate of drug-likeness (QED) is 0.593. The number of rotatable bonds is 4. The molecular formula is C24H19F3N4O. The highest BCUT2D eigenvalue weighted by atomic mass is 19.4. The van der Waals surface area contributed by atoms with Crippen molar-refractivity contribution in [1.29, 1.82) is 0 Å². The molecule has 0 atom stereocenters. The van der Waals surface area contributed by atoms with Crippen molar-refractivity contribution in [2.24, 2.45) is 0 Å². The fraction of sp³-hybridized carbons (Fsp3) is 0.167. The van der Waals surface area contributed by atoms with Gasteiger partial charge in [-0.3, -0.25) is 4.79 Å². The van der Waals surface area contributed by atoms with Crippen molar-refractivity contribution >= 4 is 23.1 Å². The zero-order valence-electron chi connectivity index (χ0n) is 17.1. The summed E-state index contributed by atoms with van der Waals surface area (Å²) in [6.07, 6.45) is -0.785. The molecule has 0 fully saturated rings. The molecule has 2 aromatic carbocycles. The first-order valence-corrected chi connectivity index (χ1v) is 9.85. The van der Waals surface area contributed by atoms with Gasteiger partial charge in [-0.25, -0.2) is 4.68 Å². The van der Waals surface area contributed by atoms with Gasteiger partial charge in [0.2, 0.25) is 0 Å². The van der Waals surface area contributed by atoms with E-state index in [0.29, 0.717) is 18.8 Å². The minimum absolute atomic E-state index is 0.0656. The van der Waals surface area contributed by atoms with Crippen molar-refractivity contribution < 1.29 is 18.0 Å². The zero-order valence-corrected chi connectivity index (χ0v) is 17.1. The van der Waals surface area contributed by atoms with Crippen LogP contribution >= 0.6 is 0 Å². The number of hydrogen-bond acceptors (Lipinski definition) is 3. The summed E-state index contributed by atoms with van der Waals surface area (Å²) >= 11 is 0. The standard InChI is InChI=1S/C24H19F3N4O/c1-2-3-13-30-14-11-21(31-22(30)10-12-28-31)17-6-5-9-20(16-17)29-23(32)18-7-4-8-19(15-18)24(25,26)27/h4-12,15-16H,13-14H2,1H3,(H,29,32). The van der Waals surface area contributed by atoms with Crippen LogP contribution in [-0.4, -0.2) is 28.8 Å². The average molecular weight is 436 g/mol. The lowest BCUT2D eigenvalue weighted by molar-refractivity contribution is -0.137. The van der Waals surface area contributed by atoms with Crippen LogP contribution in [-0.2, 0) is 6.18 Å². The summed E-state index contributed by atoms with van der Waals surface area (Å²) in [6.45, 7) is 3.03. The number of anilines is 2. The first-order chi connectivity index (χ1) is 15.4. The van der Waals surface area contributed by atoms with Gasteiger partial charge in [0.1, 0.15) is 5.82 Å². The van der Waals surface area contributed by atoms with Crippen molar-refractivity contribution in [3.8, 4) is 11.8 Å². The average Bonchev–Trinajstić information content (AvgIpc) is 3.27. The highest BCUT2D eigenvalue weighted by Gasteiger charge is 2.31. The molecule has 4 rings (SSSR count). The zero-order chi connectivity index (χ0) is 22.7. The maximum absolute atomic E-state index is 13.0. The minimum atomic E-state index is -4.51. The third-order valence-electron chi connectivity index (χ3n) is 4.99. The molecule has 1 N–H and O–H groups in total. The van der Waals surface area contributed by atoms with Gasteiger partial charge in [0, 0.05) is 29.4 Å². The fourth-order valence-electron chi connectivity index (χ4n) is 3.45. The smallest absolute Gasteiger partial charge is 0.342 e. The molecule has 8 heteroatoms. The second-order valence-electron chi connectivity index (χ2n) is 7.11. The van der Waals surface area contributed by atoms with Crippen LogP contribution in [0.15, 0.2) is 66.9 Å². The molecule has 0 radical (unpaired) electrons. The van der Waals surface area contributed by atoms with Crippen LogP contribution in [0.25, 0.3) is 5.70 Å². The van der Waals surface area contributed by atoms with Crippen LogP contribution < -0.4 is 10.2 Å². The van der Waals surface area contributed by atoms with Crippen molar-refractivity contribution in [1.82, 2.24) is 9.78 Å². The molecule has 0 spiro atoms. The lowest BCUT2D eigenvalue weighted by Crippen LogP contribution is -2.30. The van der Waals surface area contributed by atoms with Crippen molar-refractivity contribution in [2.75, 3.05) is 23.3 Å². The summed E-state index contributed by atoms with van der Waals surface area (Å²) in [5.41, 5.74) is 1.21. The van der Waals surface area contributed by atoms with E-state index in [-0.39, 0.29) is 5.56 Å². The van der Waals surface area contributed by atoms with E-state index in [0.717, 1.165) is 29.2 Å². The maximum Gasteiger partial charge on any atom is 0.416 e. The number of benzene rings is 2. The Bertz CT molecular complexity index is 1250. The van der Waals surface area contributed by atoms with E-state index in [1.807, 2.05) is 18.2 Å². The second-order valence-corrected chi connectivity index (χ2v) is 7.11. The first-order valence-electron chi connectivity index (χ1n) is 9.85. The summed E-state index contributed by atoms with van der Waals surface area (Å²) < 4.78 is 40.7. The van der Waals surface area contributed by atoms with Crippen LogP contribution in [0, 0.1) is 11.8 Å². The number of amides is 1. The number of halogens is 3. The Labute approximate surface area is 183 Å². The van der Waals surface area contributed by atoms with Gasteiger partial charge in [-0.05, 0) is 43.3 Å². The van der Waals surface area contributed by atoms with E-state index in [4.69, 9.17) is 0 Å². The van der Waals surface area contributed by atoms with Gasteiger partial charge in [0.15, 0.2) is 0 Å². The molecule has 0 saturated heterocycles. The van der Waals surface area contributed by atoms with E-state index in [9.17, 15) is 18.0 Å². The molecule has 0 unspecified atom stereocenters. The van der Waals surface area contributed by atoms with E-state index >= 15 is 0 Å². The van der Waals surface area contributed by atoms with Gasteiger partial charge in [0.05, 0.1) is 24.0 Å². The van der Waals surface area contributed by atoms with Crippen molar-refractivity contribution in [3.63, 3.8) is 0 Å². The molecule has 32 heavy (non-hydrogen) atoms. The topological polar surface area (TPSA) is 50.2 Å². The molecule has 1 aromatic heterocycles. The lowest BCUT2D eigenvalue weighted by Gasteiger charge is -2.27. The van der Waals surface area contributed by atoms with Crippen LogP contribution in [0.1, 0.15) is 28.4 Å². The molecule has 1 aliphatic rings. The van der Waals surface area contributed by atoms with Crippen LogP contribution in [0.5, 0.6) is 0 Å². The van der Waals surface area contributed by atoms with Gasteiger partial charge in [0.25, 0.3) is 5.91 Å². The van der Waals surface area contributed by atoms with Gasteiger partial charge in [-0.2, -0.15) is 18.3 Å². The summed E-state index contributed by atoms with van der Waals surface area (Å²) in [5, 5.41) is 7.09. The van der Waals surface area contributed by atoms with E-state index in [2.05, 4.69) is 27.2 Å². The molecule has 1 aliphatic heterocycles. The van der Waals surface area contributed by atoms with Gasteiger partial charge in [-0.1, -0.05) is 24.1 Å². The Hall–Kier alpha value is -3.99. The molecule has 0 bridgehead atoms. The molecule has 0 aliphatic carbocycles. The van der Waals surface area contributed by atoms with E-state index in [1.54, 1.807) is 36.0 Å². The van der Waals surface area contributed by atoms with Gasteiger partial charge < -0.3 is 10.2 Å². The largest absolute Gasteiger partial charge is 0.416 e. The number of hydrogen-bond donors (Lipinski definition) is 1. The van der Waals surface area contributed by atoms with Gasteiger partial charge >= 0.3 is 6.18 Å². The minimum Gasteiger partial charge on any atom is -0.342 e. The van der Waals surface area contributed by atoms with Gasteiger partial charge in [-0.15, -0.1) is 5.92 Å². The Morgan fingerprint density at radius 1 is 1.16 bits per heavy atom. The Morgan fingerprint density at radius 2 is 1.97 bits per heavy atom. The van der Waals surface area contributed by atoms with Crippen molar-refractivity contribution in [2.45, 2.75) is 13.1 Å². The summed E-state index contributed by atoms with van der Waals surface area (Å²) in [5.74, 6) is 6.23. The van der Waals surface area contributed by atoms with Crippen LogP contribution in [0.3, 0.4) is 0 Å². The number of nitrogens with zero attached hydrogens (tertiary/aromatic N) is 3. The molecule has 5 nitrogen and oxygen atoms in total. The summed E-state index contributed by atoms with van der Waals surface area (Å²) in [4.78, 5) is 14.6. The van der Waals surface area contributed by atoms with Crippen LogP contribution in [0.2, 0.25) is 0 Å². The predicted octanol–water partition coefficient (Wildman–Crippen LogP) is 4.89. The normalized spacial score (nSPS) is 13.0. The molecule has 3 aromatic rings. The molecule has 0 saturated carbocycles. The summed E-state index contributed by atoms with van der Waals surface area (Å²) in [6, 6.07) is 13.4. The number of alkyl halides is 3. The SMILES string of the molecule is CC#CCN1CC=C(c2cccc(NC(=O)c3cccc(C(F)(F)F)c3)c2)n2nccc21. The van der Waals surface area contributed by atoms with Crippen molar-refractivity contribution in [3.05, 3.63) is 83.6 Å². The molecular weight excluding hydrogens is 417 g/mol. The van der Waals surface area contributed by atoms with Crippen LogP contribution in [0.4, 0.5) is 24.7 Å². The third kappa shape index (κ3) is 4.37. The molecule has 2 heterocycles. The Morgan fingerprint density at radius 3 is 2.75 bits per heavy atom. The monoisotopic (exact) mass is 436 g/mol. The molecule has 1 amide bonds. The first kappa shape index (κ1) is 21.2. The van der Waals surface area contributed by atoms with E-state index in [1.165, 1.54) is 12.1 Å². The molecule has 162 valence electrons. The summed E-state index contributed by atoms with van der Waals surface area (Å²) in [7, 11) is 0. The second kappa shape index (κ2) is 8.63. The Kier molecular flexibility index (Phi) is 5.73. The maximum atomic E-state index is 13.0. The number of carbonyl (C=O) groups is 1.